The standard InChI is InChI=1S/C15H22N4OS/c20-9-8-18(12-6-3-7-12)15-17-19-10-13(16-14(19)21-15)11-4-1-2-5-11/h10-12,20H,1-9H2. The van der Waals surface area contributed by atoms with E-state index in [0.717, 1.165) is 10.1 Å². The lowest BCUT2D eigenvalue weighted by molar-refractivity contribution is 0.283. The molecule has 0 atom stereocenters. The highest BCUT2D eigenvalue weighted by Gasteiger charge is 2.28. The van der Waals surface area contributed by atoms with Crippen LogP contribution in [0.25, 0.3) is 4.96 Å². The second kappa shape index (κ2) is 5.57. The van der Waals surface area contributed by atoms with E-state index in [2.05, 4.69) is 11.1 Å². The number of aromatic nitrogens is 3. The number of imidazole rings is 1. The average Bonchev–Trinajstić information content (AvgIpc) is 3.10. The number of nitrogens with zero attached hydrogens (tertiary/aromatic N) is 4. The first kappa shape index (κ1) is 13.5. The minimum atomic E-state index is 0.186. The topological polar surface area (TPSA) is 53.7 Å². The quantitative estimate of drug-likeness (QED) is 0.923. The fourth-order valence-electron chi connectivity index (χ4n) is 3.48. The third-order valence-corrected chi connectivity index (χ3v) is 5.89. The van der Waals surface area contributed by atoms with Gasteiger partial charge in [-0.2, -0.15) is 0 Å². The van der Waals surface area contributed by atoms with Gasteiger partial charge in [0.1, 0.15) is 0 Å². The third-order valence-electron chi connectivity index (χ3n) is 4.93. The van der Waals surface area contributed by atoms with Crippen LogP contribution < -0.4 is 4.90 Å². The number of fused-ring (bicyclic) bond motifs is 1. The van der Waals surface area contributed by atoms with Crippen molar-refractivity contribution in [2.24, 2.45) is 0 Å². The van der Waals surface area contributed by atoms with Crippen LogP contribution >= 0.6 is 11.3 Å². The first-order valence-electron chi connectivity index (χ1n) is 8.09. The molecule has 2 aromatic rings. The van der Waals surface area contributed by atoms with Crippen LogP contribution in [-0.4, -0.2) is 38.9 Å². The number of hydrogen-bond donors (Lipinski definition) is 1. The van der Waals surface area contributed by atoms with Crippen LogP contribution in [0.1, 0.15) is 56.6 Å². The molecule has 2 aromatic heterocycles. The van der Waals surface area contributed by atoms with E-state index in [-0.39, 0.29) is 6.61 Å². The molecule has 2 aliphatic rings. The van der Waals surface area contributed by atoms with E-state index in [4.69, 9.17) is 10.1 Å². The molecule has 114 valence electrons. The molecule has 21 heavy (non-hydrogen) atoms. The van der Waals surface area contributed by atoms with Crippen molar-refractivity contribution in [3.05, 3.63) is 11.9 Å². The van der Waals surface area contributed by atoms with Gasteiger partial charge in [-0.1, -0.05) is 24.2 Å². The molecule has 0 amide bonds. The van der Waals surface area contributed by atoms with Crippen molar-refractivity contribution in [3.8, 4) is 0 Å². The number of hydrogen-bond acceptors (Lipinski definition) is 5. The Balaban J connectivity index is 1.59. The zero-order valence-electron chi connectivity index (χ0n) is 12.2. The summed E-state index contributed by atoms with van der Waals surface area (Å²) in [4.78, 5) is 8.05. The highest BCUT2D eigenvalue weighted by molar-refractivity contribution is 7.20. The van der Waals surface area contributed by atoms with Crippen LogP contribution in [0.4, 0.5) is 5.13 Å². The number of rotatable bonds is 5. The van der Waals surface area contributed by atoms with Gasteiger partial charge in [-0.15, -0.1) is 5.10 Å². The molecule has 0 saturated heterocycles. The van der Waals surface area contributed by atoms with E-state index < -0.39 is 0 Å². The smallest absolute Gasteiger partial charge is 0.214 e. The molecular weight excluding hydrogens is 284 g/mol. The van der Waals surface area contributed by atoms with Crippen LogP contribution in [0.5, 0.6) is 0 Å². The minimum absolute atomic E-state index is 0.186. The van der Waals surface area contributed by atoms with Crippen molar-refractivity contribution in [2.75, 3.05) is 18.1 Å². The molecule has 2 heterocycles. The Hall–Kier alpha value is -1.14. The van der Waals surface area contributed by atoms with Crippen molar-refractivity contribution >= 4 is 21.4 Å². The van der Waals surface area contributed by atoms with E-state index in [1.807, 2.05) is 4.52 Å². The van der Waals surface area contributed by atoms with Crippen molar-refractivity contribution < 1.29 is 5.11 Å². The first-order valence-corrected chi connectivity index (χ1v) is 8.90. The fourth-order valence-corrected chi connectivity index (χ4v) is 4.47. The molecule has 6 heteroatoms. The van der Waals surface area contributed by atoms with Gasteiger partial charge in [0, 0.05) is 18.5 Å². The molecule has 0 aliphatic heterocycles. The molecule has 4 rings (SSSR count). The summed E-state index contributed by atoms with van der Waals surface area (Å²) in [7, 11) is 0. The van der Waals surface area contributed by atoms with Crippen LogP contribution in [-0.2, 0) is 0 Å². The van der Waals surface area contributed by atoms with Gasteiger partial charge in [0.25, 0.3) is 0 Å². The summed E-state index contributed by atoms with van der Waals surface area (Å²) in [5.74, 6) is 0.641. The molecule has 0 aromatic carbocycles. The SMILES string of the molecule is OCCN(c1nn2cc(C3CCCC3)nc2s1)C1CCC1. The van der Waals surface area contributed by atoms with Gasteiger partial charge in [0.15, 0.2) is 0 Å². The van der Waals surface area contributed by atoms with Gasteiger partial charge >= 0.3 is 0 Å². The number of anilines is 1. The molecule has 2 aliphatic carbocycles. The van der Waals surface area contributed by atoms with Gasteiger partial charge in [-0.05, 0) is 32.1 Å². The third kappa shape index (κ3) is 2.44. The summed E-state index contributed by atoms with van der Waals surface area (Å²) in [6.07, 6.45) is 11.1. The molecule has 0 unspecified atom stereocenters. The summed E-state index contributed by atoms with van der Waals surface area (Å²) in [5, 5.41) is 15.0. The van der Waals surface area contributed by atoms with Gasteiger partial charge in [0.2, 0.25) is 10.1 Å². The summed E-state index contributed by atoms with van der Waals surface area (Å²) in [5.41, 5.74) is 1.22. The second-order valence-corrected chi connectivity index (χ2v) is 7.20. The van der Waals surface area contributed by atoms with Crippen molar-refractivity contribution in [2.45, 2.75) is 56.9 Å². The Kier molecular flexibility index (Phi) is 3.59. The van der Waals surface area contributed by atoms with E-state index in [1.54, 1.807) is 11.3 Å². The predicted molar refractivity (Wildman–Crippen MR) is 84.1 cm³/mol. The van der Waals surface area contributed by atoms with E-state index in [1.165, 1.54) is 50.6 Å². The lowest BCUT2D eigenvalue weighted by Gasteiger charge is -2.36. The highest BCUT2D eigenvalue weighted by atomic mass is 32.1. The Morgan fingerprint density at radius 3 is 2.67 bits per heavy atom. The van der Waals surface area contributed by atoms with E-state index in [9.17, 15) is 5.11 Å². The van der Waals surface area contributed by atoms with E-state index in [0.29, 0.717) is 18.5 Å². The zero-order chi connectivity index (χ0) is 14.2. The van der Waals surface area contributed by atoms with Crippen molar-refractivity contribution in [1.29, 1.82) is 0 Å². The van der Waals surface area contributed by atoms with Crippen LogP contribution in [0.2, 0.25) is 0 Å². The molecule has 0 bridgehead atoms. The normalized spacial score (nSPS) is 20.2. The predicted octanol–water partition coefficient (Wildman–Crippen LogP) is 2.80. The second-order valence-electron chi connectivity index (χ2n) is 6.26. The molecular formula is C15H22N4OS. The van der Waals surface area contributed by atoms with Gasteiger partial charge < -0.3 is 10.0 Å². The van der Waals surface area contributed by atoms with Crippen LogP contribution in [0, 0.1) is 0 Å². The molecule has 5 nitrogen and oxygen atoms in total. The Morgan fingerprint density at radius 2 is 2.05 bits per heavy atom. The average molecular weight is 306 g/mol. The zero-order valence-corrected chi connectivity index (χ0v) is 13.1. The molecule has 0 spiro atoms. The van der Waals surface area contributed by atoms with Gasteiger partial charge in [-0.25, -0.2) is 9.50 Å². The maximum absolute atomic E-state index is 9.29. The fraction of sp³-hybridized carbons (Fsp3) is 0.733. The molecule has 0 radical (unpaired) electrons. The first-order chi connectivity index (χ1) is 10.3. The Morgan fingerprint density at radius 1 is 1.24 bits per heavy atom. The number of aliphatic hydroxyl groups excluding tert-OH is 1. The number of aliphatic hydroxyl groups is 1. The highest BCUT2D eigenvalue weighted by Crippen LogP contribution is 2.36. The van der Waals surface area contributed by atoms with Gasteiger partial charge in [0.05, 0.1) is 18.5 Å². The monoisotopic (exact) mass is 306 g/mol. The molecule has 1 N–H and O–H groups in total. The Bertz CT molecular complexity index is 581. The Labute approximate surface area is 128 Å². The maximum Gasteiger partial charge on any atom is 0.214 e. The lowest BCUT2D eigenvalue weighted by atomic mass is 9.92. The van der Waals surface area contributed by atoms with Crippen LogP contribution in [0.15, 0.2) is 6.20 Å². The maximum atomic E-state index is 9.29. The van der Waals surface area contributed by atoms with Crippen LogP contribution in [0.3, 0.4) is 0 Å². The largest absolute Gasteiger partial charge is 0.395 e. The van der Waals surface area contributed by atoms with Gasteiger partial charge in [-0.3, -0.25) is 0 Å². The summed E-state index contributed by atoms with van der Waals surface area (Å²) in [6.45, 7) is 0.864. The summed E-state index contributed by atoms with van der Waals surface area (Å²) >= 11 is 1.66. The lowest BCUT2D eigenvalue weighted by Crippen LogP contribution is -2.42. The van der Waals surface area contributed by atoms with Crippen molar-refractivity contribution in [3.63, 3.8) is 0 Å². The van der Waals surface area contributed by atoms with E-state index >= 15 is 0 Å². The summed E-state index contributed by atoms with van der Waals surface area (Å²) < 4.78 is 1.94. The van der Waals surface area contributed by atoms with Crippen molar-refractivity contribution in [1.82, 2.24) is 14.6 Å². The summed E-state index contributed by atoms with van der Waals surface area (Å²) in [6, 6.07) is 0.558. The molecule has 2 fully saturated rings. The minimum Gasteiger partial charge on any atom is -0.395 e. The molecule has 2 saturated carbocycles.